The number of urea groups is 1. The zero-order chi connectivity index (χ0) is 12.5. The zero-order valence-electron chi connectivity index (χ0n) is 10.2. The quantitative estimate of drug-likeness (QED) is 0.655. The van der Waals surface area contributed by atoms with Crippen LogP contribution in [0.3, 0.4) is 0 Å². The number of hydrogen-bond donors (Lipinski definition) is 3. The van der Waals surface area contributed by atoms with Crippen molar-refractivity contribution in [2.45, 2.75) is 45.1 Å². The monoisotopic (exact) mass is 240 g/mol. The molecule has 1 atom stereocenters. The molecule has 0 unspecified atom stereocenters. The van der Waals surface area contributed by atoms with Gasteiger partial charge in [0.2, 0.25) is 0 Å². The number of rotatable bonds is 6. The van der Waals surface area contributed by atoms with Gasteiger partial charge in [-0.3, -0.25) is 0 Å². The minimum atomic E-state index is -0.981. The van der Waals surface area contributed by atoms with Crippen LogP contribution in [0, 0.1) is 11.3 Å². The molecule has 3 N–H and O–H groups in total. The van der Waals surface area contributed by atoms with Crippen LogP contribution in [0.15, 0.2) is 0 Å². The molecule has 2 aliphatic carbocycles. The predicted octanol–water partition coefficient (Wildman–Crippen LogP) is 1.34. The number of hydrogen-bond acceptors (Lipinski definition) is 2. The van der Waals surface area contributed by atoms with E-state index in [1.807, 2.05) is 0 Å². The molecule has 96 valence electrons. The van der Waals surface area contributed by atoms with Crippen molar-refractivity contribution in [3.63, 3.8) is 0 Å². The lowest BCUT2D eigenvalue weighted by Crippen LogP contribution is -2.47. The third kappa shape index (κ3) is 2.90. The van der Waals surface area contributed by atoms with Crippen molar-refractivity contribution in [1.82, 2.24) is 10.6 Å². The van der Waals surface area contributed by atoms with E-state index in [4.69, 9.17) is 5.11 Å². The molecule has 0 aromatic heterocycles. The van der Waals surface area contributed by atoms with Crippen LogP contribution in [0.1, 0.15) is 39.0 Å². The lowest BCUT2D eigenvalue weighted by Gasteiger charge is -2.17. The second kappa shape index (κ2) is 4.55. The molecule has 5 nitrogen and oxygen atoms in total. The molecule has 0 spiro atoms. The van der Waals surface area contributed by atoms with Gasteiger partial charge in [-0.2, -0.15) is 0 Å². The smallest absolute Gasteiger partial charge is 0.326 e. The maximum atomic E-state index is 11.5. The van der Waals surface area contributed by atoms with Gasteiger partial charge in [-0.05, 0) is 43.4 Å². The molecule has 0 aliphatic heterocycles. The minimum Gasteiger partial charge on any atom is -0.480 e. The summed E-state index contributed by atoms with van der Waals surface area (Å²) in [4.78, 5) is 22.3. The second-order valence-electron chi connectivity index (χ2n) is 5.26. The van der Waals surface area contributed by atoms with E-state index >= 15 is 0 Å². The molecule has 0 heterocycles. The number of aliphatic carboxylic acids is 1. The number of nitrogens with one attached hydrogen (secondary N) is 2. The summed E-state index contributed by atoms with van der Waals surface area (Å²) in [6.07, 6.45) is 5.38. The van der Waals surface area contributed by atoms with Crippen molar-refractivity contribution < 1.29 is 14.7 Å². The fraction of sp³-hybridized carbons (Fsp3) is 0.833. The van der Waals surface area contributed by atoms with Crippen LogP contribution in [0.5, 0.6) is 0 Å². The second-order valence-corrected chi connectivity index (χ2v) is 5.26. The molecular formula is C12H20N2O3. The van der Waals surface area contributed by atoms with Gasteiger partial charge in [-0.15, -0.1) is 0 Å². The van der Waals surface area contributed by atoms with Gasteiger partial charge in [0.1, 0.15) is 6.04 Å². The van der Waals surface area contributed by atoms with E-state index in [0.29, 0.717) is 18.4 Å². The highest BCUT2D eigenvalue weighted by molar-refractivity contribution is 5.82. The number of amides is 2. The molecular weight excluding hydrogens is 220 g/mol. The molecule has 0 radical (unpaired) electrons. The Labute approximate surface area is 101 Å². The summed E-state index contributed by atoms with van der Waals surface area (Å²) in [5.41, 5.74) is 0.349. The maximum Gasteiger partial charge on any atom is 0.326 e. The van der Waals surface area contributed by atoms with Gasteiger partial charge in [0.15, 0.2) is 0 Å². The molecule has 17 heavy (non-hydrogen) atoms. The van der Waals surface area contributed by atoms with Gasteiger partial charge >= 0.3 is 12.0 Å². The number of carbonyl (C=O) groups excluding carboxylic acids is 1. The summed E-state index contributed by atoms with van der Waals surface area (Å²) in [5, 5.41) is 14.1. The number of carboxylic acid groups (broad SMARTS) is 1. The lowest BCUT2D eigenvalue weighted by molar-refractivity contribution is -0.139. The van der Waals surface area contributed by atoms with E-state index in [1.54, 1.807) is 6.92 Å². The SMILES string of the molecule is CC[C@H](NC(=O)NCC1(C2CC2)CC1)C(=O)O. The number of carbonyl (C=O) groups is 2. The topological polar surface area (TPSA) is 78.4 Å². The molecule has 0 saturated heterocycles. The Balaban J connectivity index is 1.72. The first kappa shape index (κ1) is 12.2. The van der Waals surface area contributed by atoms with Crippen LogP contribution in [0.4, 0.5) is 4.79 Å². The van der Waals surface area contributed by atoms with Crippen LogP contribution < -0.4 is 10.6 Å². The molecule has 0 bridgehead atoms. The Kier molecular flexibility index (Phi) is 3.26. The first-order valence-electron chi connectivity index (χ1n) is 6.34. The Bertz CT molecular complexity index is 322. The van der Waals surface area contributed by atoms with Gasteiger partial charge < -0.3 is 15.7 Å². The van der Waals surface area contributed by atoms with Crippen LogP contribution >= 0.6 is 0 Å². The summed E-state index contributed by atoms with van der Waals surface area (Å²) in [7, 11) is 0. The van der Waals surface area contributed by atoms with Crippen molar-refractivity contribution in [2.24, 2.45) is 11.3 Å². The highest BCUT2D eigenvalue weighted by Crippen LogP contribution is 2.60. The van der Waals surface area contributed by atoms with E-state index in [0.717, 1.165) is 5.92 Å². The first-order chi connectivity index (χ1) is 8.07. The van der Waals surface area contributed by atoms with E-state index in [9.17, 15) is 9.59 Å². The average molecular weight is 240 g/mol. The molecule has 2 aliphatic rings. The third-order valence-corrected chi connectivity index (χ3v) is 3.95. The van der Waals surface area contributed by atoms with Gasteiger partial charge in [0.05, 0.1) is 0 Å². The predicted molar refractivity (Wildman–Crippen MR) is 62.6 cm³/mol. The molecule has 5 heteroatoms. The van der Waals surface area contributed by atoms with Gasteiger partial charge in [0.25, 0.3) is 0 Å². The molecule has 0 aromatic rings. The summed E-state index contributed by atoms with van der Waals surface area (Å²) in [5.74, 6) is -0.185. The summed E-state index contributed by atoms with van der Waals surface area (Å²) in [6, 6.07) is -1.14. The van der Waals surface area contributed by atoms with Crippen molar-refractivity contribution in [2.75, 3.05) is 6.54 Å². The van der Waals surface area contributed by atoms with Crippen molar-refractivity contribution >= 4 is 12.0 Å². The zero-order valence-corrected chi connectivity index (χ0v) is 10.2. The molecule has 0 aromatic carbocycles. The summed E-state index contributed by atoms with van der Waals surface area (Å²) >= 11 is 0. The summed E-state index contributed by atoms with van der Waals surface area (Å²) in [6.45, 7) is 2.44. The van der Waals surface area contributed by atoms with E-state index in [2.05, 4.69) is 10.6 Å². The van der Waals surface area contributed by atoms with Gasteiger partial charge in [0, 0.05) is 6.54 Å². The van der Waals surface area contributed by atoms with Gasteiger partial charge in [-0.1, -0.05) is 6.92 Å². The molecule has 2 amide bonds. The first-order valence-corrected chi connectivity index (χ1v) is 6.34. The van der Waals surface area contributed by atoms with Crippen LogP contribution in [0.25, 0.3) is 0 Å². The van der Waals surface area contributed by atoms with Crippen LogP contribution in [-0.4, -0.2) is 29.7 Å². The van der Waals surface area contributed by atoms with Crippen molar-refractivity contribution in [3.05, 3.63) is 0 Å². The fourth-order valence-corrected chi connectivity index (χ4v) is 2.39. The van der Waals surface area contributed by atoms with Gasteiger partial charge in [-0.25, -0.2) is 9.59 Å². The fourth-order valence-electron chi connectivity index (χ4n) is 2.39. The highest BCUT2D eigenvalue weighted by Gasteiger charge is 2.53. The average Bonchev–Trinajstić information content (AvgIpc) is 3.15. The highest BCUT2D eigenvalue weighted by atomic mass is 16.4. The van der Waals surface area contributed by atoms with E-state index in [1.165, 1.54) is 25.7 Å². The third-order valence-electron chi connectivity index (χ3n) is 3.95. The minimum absolute atomic E-state index is 0.349. The standard InChI is InChI=1S/C12H20N2O3/c1-2-9(10(15)16)14-11(17)13-7-12(5-6-12)8-3-4-8/h8-9H,2-7H2,1H3,(H,15,16)(H2,13,14,17)/t9-/m0/s1. The molecule has 2 saturated carbocycles. The van der Waals surface area contributed by atoms with E-state index in [-0.39, 0.29) is 6.03 Å². The van der Waals surface area contributed by atoms with Crippen molar-refractivity contribution in [1.29, 1.82) is 0 Å². The Morgan fingerprint density at radius 3 is 2.47 bits per heavy atom. The Morgan fingerprint density at radius 1 is 1.41 bits per heavy atom. The van der Waals surface area contributed by atoms with Crippen LogP contribution in [-0.2, 0) is 4.79 Å². The Morgan fingerprint density at radius 2 is 2.06 bits per heavy atom. The lowest BCUT2D eigenvalue weighted by atomic mass is 10.0. The largest absolute Gasteiger partial charge is 0.480 e. The normalized spacial score (nSPS) is 22.6. The van der Waals surface area contributed by atoms with Crippen LogP contribution in [0.2, 0.25) is 0 Å². The summed E-state index contributed by atoms with van der Waals surface area (Å²) < 4.78 is 0. The van der Waals surface area contributed by atoms with Crippen molar-refractivity contribution in [3.8, 4) is 0 Å². The molecule has 2 fully saturated rings. The van der Waals surface area contributed by atoms with E-state index < -0.39 is 12.0 Å². The number of carboxylic acids is 1. The maximum absolute atomic E-state index is 11.5. The molecule has 2 rings (SSSR count). The Hall–Kier alpha value is -1.26.